The molecule has 27 heavy (non-hydrogen) atoms. The molecule has 5 nitrogen and oxygen atoms in total. The van der Waals surface area contributed by atoms with Crippen LogP contribution in [0.5, 0.6) is 0 Å². The molecule has 5 heteroatoms. The van der Waals surface area contributed by atoms with E-state index in [4.69, 9.17) is 0 Å². The Balaban J connectivity index is 1.49. The predicted molar refractivity (Wildman–Crippen MR) is 107 cm³/mol. The SMILES string of the molecule is Cc1cccc(CN2CCN([C@H](C)C(=O)NC3(C#N)CCCCC3)CC2)c1. The molecule has 0 bridgehead atoms. The zero-order chi connectivity index (χ0) is 19.3. The Labute approximate surface area is 163 Å². The first-order chi connectivity index (χ1) is 13.0. The van der Waals surface area contributed by atoms with Gasteiger partial charge in [0.25, 0.3) is 0 Å². The summed E-state index contributed by atoms with van der Waals surface area (Å²) in [7, 11) is 0. The van der Waals surface area contributed by atoms with Gasteiger partial charge in [-0.15, -0.1) is 0 Å². The van der Waals surface area contributed by atoms with Crippen LogP contribution >= 0.6 is 0 Å². The molecule has 3 rings (SSSR count). The van der Waals surface area contributed by atoms with E-state index < -0.39 is 5.54 Å². The zero-order valence-corrected chi connectivity index (χ0v) is 16.7. The molecular formula is C22H32N4O. The minimum atomic E-state index is -0.642. The third-order valence-corrected chi connectivity index (χ3v) is 6.11. The standard InChI is InChI=1S/C22H32N4O/c1-18-7-6-8-20(15-18)16-25-11-13-26(14-12-25)19(2)21(27)24-22(17-23)9-4-3-5-10-22/h6-8,15,19H,3-5,9-14,16H2,1-2H3,(H,24,27)/t19-/m1/s1. The van der Waals surface area contributed by atoms with Crippen molar-refractivity contribution in [3.63, 3.8) is 0 Å². The smallest absolute Gasteiger partial charge is 0.238 e. The number of benzene rings is 1. The minimum absolute atomic E-state index is 0.00517. The van der Waals surface area contributed by atoms with Crippen LogP contribution in [0, 0.1) is 18.3 Å². The summed E-state index contributed by atoms with van der Waals surface area (Å²) in [4.78, 5) is 17.5. The Bertz CT molecular complexity index is 682. The van der Waals surface area contributed by atoms with E-state index in [2.05, 4.69) is 52.4 Å². The number of amides is 1. The summed E-state index contributed by atoms with van der Waals surface area (Å²) in [5.41, 5.74) is 2.00. The van der Waals surface area contributed by atoms with Gasteiger partial charge in [0.05, 0.1) is 12.1 Å². The highest BCUT2D eigenvalue weighted by Crippen LogP contribution is 2.27. The van der Waals surface area contributed by atoms with E-state index in [-0.39, 0.29) is 11.9 Å². The van der Waals surface area contributed by atoms with Gasteiger partial charge in [0, 0.05) is 32.7 Å². The van der Waals surface area contributed by atoms with Gasteiger partial charge in [0.1, 0.15) is 5.54 Å². The van der Waals surface area contributed by atoms with E-state index in [1.165, 1.54) is 11.1 Å². The van der Waals surface area contributed by atoms with E-state index in [1.807, 2.05) is 6.92 Å². The summed E-state index contributed by atoms with van der Waals surface area (Å²) in [5, 5.41) is 12.7. The van der Waals surface area contributed by atoms with Crippen molar-refractivity contribution in [2.75, 3.05) is 26.2 Å². The fraction of sp³-hybridized carbons (Fsp3) is 0.636. The van der Waals surface area contributed by atoms with Crippen molar-refractivity contribution >= 4 is 5.91 Å². The second-order valence-electron chi connectivity index (χ2n) is 8.22. The average molecular weight is 369 g/mol. The molecule has 0 aromatic heterocycles. The molecule has 1 N–H and O–H groups in total. The molecule has 1 amide bonds. The second kappa shape index (κ2) is 8.86. The molecule has 1 atom stereocenters. The molecule has 2 fully saturated rings. The lowest BCUT2D eigenvalue weighted by Gasteiger charge is -2.39. The van der Waals surface area contributed by atoms with Crippen LogP contribution in [0.2, 0.25) is 0 Å². The summed E-state index contributed by atoms with van der Waals surface area (Å²) in [5.74, 6) is 0.00517. The largest absolute Gasteiger partial charge is 0.336 e. The maximum Gasteiger partial charge on any atom is 0.238 e. The monoisotopic (exact) mass is 368 g/mol. The molecular weight excluding hydrogens is 336 g/mol. The summed E-state index contributed by atoms with van der Waals surface area (Å²) in [6.45, 7) is 8.78. The first-order valence-electron chi connectivity index (χ1n) is 10.3. The Kier molecular flexibility index (Phi) is 6.51. The van der Waals surface area contributed by atoms with Gasteiger partial charge in [-0.25, -0.2) is 0 Å². The van der Waals surface area contributed by atoms with E-state index >= 15 is 0 Å². The first kappa shape index (κ1) is 19.9. The quantitative estimate of drug-likeness (QED) is 0.868. The average Bonchev–Trinajstić information content (AvgIpc) is 2.69. The summed E-state index contributed by atoms with van der Waals surface area (Å²) < 4.78 is 0. The van der Waals surface area contributed by atoms with Crippen molar-refractivity contribution in [3.05, 3.63) is 35.4 Å². The Morgan fingerprint density at radius 2 is 1.93 bits per heavy atom. The molecule has 0 unspecified atom stereocenters. The Morgan fingerprint density at radius 3 is 2.56 bits per heavy atom. The minimum Gasteiger partial charge on any atom is -0.336 e. The predicted octanol–water partition coefficient (Wildman–Crippen LogP) is 2.84. The van der Waals surface area contributed by atoms with E-state index in [0.29, 0.717) is 0 Å². The van der Waals surface area contributed by atoms with Crippen LogP contribution in [-0.2, 0) is 11.3 Å². The molecule has 2 aliphatic rings. The first-order valence-corrected chi connectivity index (χ1v) is 10.3. The maximum atomic E-state index is 12.8. The van der Waals surface area contributed by atoms with Crippen LogP contribution in [0.3, 0.4) is 0 Å². The van der Waals surface area contributed by atoms with Gasteiger partial charge in [0.2, 0.25) is 5.91 Å². The number of hydrogen-bond acceptors (Lipinski definition) is 4. The van der Waals surface area contributed by atoms with Crippen molar-refractivity contribution < 1.29 is 4.79 Å². The Hall–Kier alpha value is -1.90. The summed E-state index contributed by atoms with van der Waals surface area (Å²) in [6.07, 6.45) is 4.79. The molecule has 1 saturated carbocycles. The highest BCUT2D eigenvalue weighted by Gasteiger charge is 2.36. The lowest BCUT2D eigenvalue weighted by molar-refractivity contribution is -0.128. The number of nitrogens with one attached hydrogen (secondary N) is 1. The molecule has 1 aromatic carbocycles. The van der Waals surface area contributed by atoms with Crippen molar-refractivity contribution in [1.29, 1.82) is 5.26 Å². The molecule has 1 heterocycles. The summed E-state index contributed by atoms with van der Waals surface area (Å²) >= 11 is 0. The summed E-state index contributed by atoms with van der Waals surface area (Å²) in [6, 6.07) is 10.9. The highest BCUT2D eigenvalue weighted by molar-refractivity contribution is 5.82. The molecule has 1 aliphatic carbocycles. The zero-order valence-electron chi connectivity index (χ0n) is 16.7. The van der Waals surface area contributed by atoms with Gasteiger partial charge in [0.15, 0.2) is 0 Å². The second-order valence-corrected chi connectivity index (χ2v) is 8.22. The number of rotatable bonds is 5. The number of hydrogen-bond donors (Lipinski definition) is 1. The molecule has 146 valence electrons. The third-order valence-electron chi connectivity index (χ3n) is 6.11. The van der Waals surface area contributed by atoms with Crippen LogP contribution in [0.4, 0.5) is 0 Å². The molecule has 1 aromatic rings. The van der Waals surface area contributed by atoms with Gasteiger partial charge in [-0.05, 0) is 32.3 Å². The van der Waals surface area contributed by atoms with Gasteiger partial charge >= 0.3 is 0 Å². The molecule has 1 saturated heterocycles. The van der Waals surface area contributed by atoms with Crippen LogP contribution in [0.15, 0.2) is 24.3 Å². The van der Waals surface area contributed by atoms with Gasteiger partial charge in [-0.2, -0.15) is 5.26 Å². The van der Waals surface area contributed by atoms with Gasteiger partial charge in [-0.1, -0.05) is 49.1 Å². The molecule has 0 radical (unpaired) electrons. The maximum absolute atomic E-state index is 12.8. The van der Waals surface area contributed by atoms with Crippen LogP contribution in [0.1, 0.15) is 50.2 Å². The number of carbonyl (C=O) groups is 1. The van der Waals surface area contributed by atoms with Crippen molar-refractivity contribution in [2.24, 2.45) is 0 Å². The van der Waals surface area contributed by atoms with Crippen molar-refractivity contribution in [2.45, 2.75) is 64.1 Å². The molecule has 0 spiro atoms. The van der Waals surface area contributed by atoms with Crippen LogP contribution < -0.4 is 5.32 Å². The van der Waals surface area contributed by atoms with E-state index in [0.717, 1.165) is 64.8 Å². The number of aryl methyl sites for hydroxylation is 1. The molecule has 1 aliphatic heterocycles. The number of carbonyl (C=O) groups excluding carboxylic acids is 1. The Morgan fingerprint density at radius 1 is 1.22 bits per heavy atom. The van der Waals surface area contributed by atoms with Crippen molar-refractivity contribution in [1.82, 2.24) is 15.1 Å². The fourth-order valence-corrected chi connectivity index (χ4v) is 4.30. The lowest BCUT2D eigenvalue weighted by Crippen LogP contribution is -2.58. The number of nitriles is 1. The highest BCUT2D eigenvalue weighted by atomic mass is 16.2. The van der Waals surface area contributed by atoms with Crippen LogP contribution in [-0.4, -0.2) is 53.5 Å². The third kappa shape index (κ3) is 5.09. The van der Waals surface area contributed by atoms with Gasteiger partial charge < -0.3 is 5.32 Å². The topological polar surface area (TPSA) is 59.4 Å². The number of piperazine rings is 1. The normalized spacial score (nSPS) is 22.0. The van der Waals surface area contributed by atoms with Crippen molar-refractivity contribution in [3.8, 4) is 6.07 Å². The van der Waals surface area contributed by atoms with E-state index in [9.17, 15) is 10.1 Å². The number of nitrogens with zero attached hydrogens (tertiary/aromatic N) is 3. The van der Waals surface area contributed by atoms with Gasteiger partial charge in [-0.3, -0.25) is 14.6 Å². The fourth-order valence-electron chi connectivity index (χ4n) is 4.30. The van der Waals surface area contributed by atoms with E-state index in [1.54, 1.807) is 0 Å². The van der Waals surface area contributed by atoms with Crippen LogP contribution in [0.25, 0.3) is 0 Å². The lowest BCUT2D eigenvalue weighted by atomic mass is 9.82.